The predicted molar refractivity (Wildman–Crippen MR) is 97.0 cm³/mol. The molecule has 1 aliphatic heterocycles. The molecule has 0 bridgehead atoms. The summed E-state index contributed by atoms with van der Waals surface area (Å²) in [5.41, 5.74) is 2.04. The monoisotopic (exact) mass is 378 g/mol. The molecule has 0 radical (unpaired) electrons. The molecule has 1 aliphatic rings. The maximum Gasteiger partial charge on any atom is 0.264 e. The first-order valence-corrected chi connectivity index (χ1v) is 10.2. The van der Waals surface area contributed by atoms with Crippen molar-refractivity contribution in [3.05, 3.63) is 59.7 Å². The van der Waals surface area contributed by atoms with E-state index in [1.165, 1.54) is 0 Å². The second kappa shape index (κ2) is 8.53. The normalized spacial score (nSPS) is 16.4. The Balaban J connectivity index is 1.48. The lowest BCUT2D eigenvalue weighted by atomic mass is 10.1. The molecule has 0 amide bonds. The van der Waals surface area contributed by atoms with Gasteiger partial charge < -0.3 is 14.2 Å². The van der Waals surface area contributed by atoms with Crippen LogP contribution in [0.4, 0.5) is 0 Å². The van der Waals surface area contributed by atoms with Crippen molar-refractivity contribution in [1.82, 2.24) is 0 Å². The van der Waals surface area contributed by atoms with Gasteiger partial charge in [-0.3, -0.25) is 4.18 Å². The van der Waals surface area contributed by atoms with E-state index in [0.717, 1.165) is 17.4 Å². The second-order valence-electron chi connectivity index (χ2n) is 6.11. The maximum atomic E-state index is 11.0. The predicted octanol–water partition coefficient (Wildman–Crippen LogP) is 2.56. The van der Waals surface area contributed by atoms with Crippen LogP contribution >= 0.6 is 0 Å². The first-order valence-electron chi connectivity index (χ1n) is 8.38. The van der Waals surface area contributed by atoms with Crippen LogP contribution in [0.15, 0.2) is 48.5 Å². The quantitative estimate of drug-likeness (QED) is 0.658. The Morgan fingerprint density at radius 1 is 1.08 bits per heavy atom. The molecule has 6 nitrogen and oxygen atoms in total. The van der Waals surface area contributed by atoms with Gasteiger partial charge in [0.2, 0.25) is 0 Å². The molecule has 1 heterocycles. The molecule has 0 saturated carbocycles. The van der Waals surface area contributed by atoms with Gasteiger partial charge in [0.15, 0.2) is 17.6 Å². The van der Waals surface area contributed by atoms with Gasteiger partial charge in [0.25, 0.3) is 10.1 Å². The highest BCUT2D eigenvalue weighted by Gasteiger charge is 2.21. The summed E-state index contributed by atoms with van der Waals surface area (Å²) in [6, 6.07) is 15.5. The third-order valence-electron chi connectivity index (χ3n) is 3.83. The largest absolute Gasteiger partial charge is 0.486 e. The summed E-state index contributed by atoms with van der Waals surface area (Å²) in [5, 5.41) is 0. The minimum atomic E-state index is -3.42. The van der Waals surface area contributed by atoms with Gasteiger partial charge in [-0.25, -0.2) is 0 Å². The fourth-order valence-corrected chi connectivity index (χ4v) is 2.98. The number of benzene rings is 2. The first kappa shape index (κ1) is 18.7. The lowest BCUT2D eigenvalue weighted by Crippen LogP contribution is -2.33. The van der Waals surface area contributed by atoms with Crippen LogP contribution in [0.5, 0.6) is 11.5 Å². The zero-order valence-corrected chi connectivity index (χ0v) is 15.4. The van der Waals surface area contributed by atoms with Crippen molar-refractivity contribution >= 4 is 10.1 Å². The highest BCUT2D eigenvalue weighted by Crippen LogP contribution is 2.32. The van der Waals surface area contributed by atoms with Crippen molar-refractivity contribution < 1.29 is 26.8 Å². The highest BCUT2D eigenvalue weighted by atomic mass is 32.2. The molecule has 3 rings (SSSR count). The molecule has 140 valence electrons. The van der Waals surface area contributed by atoms with E-state index in [4.69, 9.17) is 18.4 Å². The van der Waals surface area contributed by atoms with Crippen LogP contribution < -0.4 is 9.47 Å². The third kappa shape index (κ3) is 5.72. The fourth-order valence-electron chi connectivity index (χ4n) is 2.59. The minimum Gasteiger partial charge on any atom is -0.486 e. The molecule has 7 heteroatoms. The number of ether oxygens (including phenoxy) is 3. The van der Waals surface area contributed by atoms with Crippen molar-refractivity contribution in [2.75, 3.05) is 26.1 Å². The number of rotatable bonds is 8. The molecule has 26 heavy (non-hydrogen) atoms. The Labute approximate surface area is 153 Å². The molecule has 1 atom stereocenters. The van der Waals surface area contributed by atoms with Gasteiger partial charge in [0.05, 0.1) is 26.1 Å². The van der Waals surface area contributed by atoms with Crippen LogP contribution in [0, 0.1) is 0 Å². The van der Waals surface area contributed by atoms with Crippen molar-refractivity contribution in [2.24, 2.45) is 0 Å². The van der Waals surface area contributed by atoms with E-state index in [2.05, 4.69) is 0 Å². The summed E-state index contributed by atoms with van der Waals surface area (Å²) in [7, 11) is -3.42. The average Bonchev–Trinajstić information content (AvgIpc) is 2.61. The van der Waals surface area contributed by atoms with Gasteiger partial charge in [-0.2, -0.15) is 8.42 Å². The van der Waals surface area contributed by atoms with Crippen LogP contribution in [-0.4, -0.2) is 40.6 Å². The minimum absolute atomic E-state index is 0.106. The molecular weight excluding hydrogens is 356 g/mol. The number of hydrogen-bond donors (Lipinski definition) is 0. The smallest absolute Gasteiger partial charge is 0.264 e. The van der Waals surface area contributed by atoms with Gasteiger partial charge in [-0.1, -0.05) is 36.4 Å². The molecular formula is C19H22O6S. The molecule has 0 unspecified atom stereocenters. The SMILES string of the molecule is CS(=O)(=O)OCCc1ccc2c(c1)OC[C@@H](COCc1ccccc1)O2. The molecule has 0 fully saturated rings. The van der Waals surface area contributed by atoms with Crippen LogP contribution in [0.25, 0.3) is 0 Å². The molecule has 0 saturated heterocycles. The zero-order chi connectivity index (χ0) is 18.4. The lowest BCUT2D eigenvalue weighted by Gasteiger charge is -2.26. The van der Waals surface area contributed by atoms with E-state index < -0.39 is 10.1 Å². The van der Waals surface area contributed by atoms with E-state index >= 15 is 0 Å². The van der Waals surface area contributed by atoms with Crippen molar-refractivity contribution in [3.63, 3.8) is 0 Å². The second-order valence-corrected chi connectivity index (χ2v) is 7.75. The van der Waals surface area contributed by atoms with E-state index in [1.54, 1.807) is 0 Å². The highest BCUT2D eigenvalue weighted by molar-refractivity contribution is 7.85. The van der Waals surface area contributed by atoms with E-state index in [9.17, 15) is 8.42 Å². The summed E-state index contributed by atoms with van der Waals surface area (Å²) in [4.78, 5) is 0. The molecule has 2 aromatic carbocycles. The Morgan fingerprint density at radius 2 is 1.88 bits per heavy atom. The maximum absolute atomic E-state index is 11.0. The summed E-state index contributed by atoms with van der Waals surface area (Å²) < 4.78 is 44.1. The van der Waals surface area contributed by atoms with Crippen molar-refractivity contribution in [1.29, 1.82) is 0 Å². The Hall–Kier alpha value is -2.09. The van der Waals surface area contributed by atoms with Crippen LogP contribution in [0.2, 0.25) is 0 Å². The fraction of sp³-hybridized carbons (Fsp3) is 0.368. The van der Waals surface area contributed by atoms with Gasteiger partial charge in [0, 0.05) is 0 Å². The Bertz CT molecular complexity index is 819. The molecule has 0 aliphatic carbocycles. The summed E-state index contributed by atoms with van der Waals surface area (Å²) >= 11 is 0. The summed E-state index contributed by atoms with van der Waals surface area (Å²) in [6.07, 6.45) is 1.36. The summed E-state index contributed by atoms with van der Waals surface area (Å²) in [6.45, 7) is 1.49. The Kier molecular flexibility index (Phi) is 6.13. The van der Waals surface area contributed by atoms with Gasteiger partial charge in [-0.15, -0.1) is 0 Å². The Morgan fingerprint density at radius 3 is 2.65 bits per heavy atom. The zero-order valence-electron chi connectivity index (χ0n) is 14.6. The molecule has 0 N–H and O–H groups in total. The molecule has 0 aromatic heterocycles. The molecule has 0 spiro atoms. The van der Waals surface area contributed by atoms with Crippen LogP contribution in [-0.2, 0) is 32.1 Å². The van der Waals surface area contributed by atoms with E-state index in [1.807, 2.05) is 48.5 Å². The van der Waals surface area contributed by atoms with Crippen molar-refractivity contribution in [2.45, 2.75) is 19.1 Å². The lowest BCUT2D eigenvalue weighted by molar-refractivity contribution is 0.00267. The molecule has 2 aromatic rings. The average molecular weight is 378 g/mol. The van der Waals surface area contributed by atoms with E-state index in [0.29, 0.717) is 37.7 Å². The first-order chi connectivity index (χ1) is 12.5. The van der Waals surface area contributed by atoms with Crippen LogP contribution in [0.3, 0.4) is 0 Å². The van der Waals surface area contributed by atoms with Gasteiger partial charge >= 0.3 is 0 Å². The number of fused-ring (bicyclic) bond motifs is 1. The van der Waals surface area contributed by atoms with Gasteiger partial charge in [-0.05, 0) is 29.7 Å². The van der Waals surface area contributed by atoms with Crippen molar-refractivity contribution in [3.8, 4) is 11.5 Å². The number of hydrogen-bond acceptors (Lipinski definition) is 6. The van der Waals surface area contributed by atoms with E-state index in [-0.39, 0.29) is 12.7 Å². The third-order valence-corrected chi connectivity index (χ3v) is 4.42. The standard InChI is InChI=1S/C19H22O6S/c1-26(20,21)24-10-9-15-7-8-18-19(11-15)23-14-17(25-18)13-22-12-16-5-3-2-4-6-16/h2-8,11,17H,9-10,12-14H2,1H3/t17-/m1/s1. The summed E-state index contributed by atoms with van der Waals surface area (Å²) in [5.74, 6) is 1.32. The topological polar surface area (TPSA) is 71.1 Å². The van der Waals surface area contributed by atoms with Gasteiger partial charge in [0.1, 0.15) is 6.61 Å². The van der Waals surface area contributed by atoms with Crippen LogP contribution in [0.1, 0.15) is 11.1 Å².